The summed E-state index contributed by atoms with van der Waals surface area (Å²) in [5.74, 6) is 2.34. The first-order valence-electron chi connectivity index (χ1n) is 2.87. The van der Waals surface area contributed by atoms with Crippen molar-refractivity contribution in [2.24, 2.45) is 0 Å². The minimum Gasteiger partial charge on any atom is -0.505 e. The van der Waals surface area contributed by atoms with E-state index in [0.29, 0.717) is 5.69 Å². The van der Waals surface area contributed by atoms with Gasteiger partial charge in [-0.15, -0.1) is 6.42 Å². The molecule has 50 valence electrons. The molecule has 0 aliphatic carbocycles. The fourth-order valence-electron chi connectivity index (χ4n) is 0.656. The van der Waals surface area contributed by atoms with E-state index in [-0.39, 0.29) is 5.75 Å². The second kappa shape index (κ2) is 2.40. The van der Waals surface area contributed by atoms with E-state index in [1.807, 2.05) is 6.92 Å². The fourth-order valence-corrected chi connectivity index (χ4v) is 0.656. The molecule has 0 fully saturated rings. The average Bonchev–Trinajstić information content (AvgIpc) is 1.94. The summed E-state index contributed by atoms with van der Waals surface area (Å²) in [5, 5.41) is 9.03. The number of pyridine rings is 1. The lowest BCUT2D eigenvalue weighted by atomic mass is 10.3. The maximum atomic E-state index is 9.03. The van der Waals surface area contributed by atoms with E-state index in [0.717, 1.165) is 5.69 Å². The van der Waals surface area contributed by atoms with Gasteiger partial charge in [0.25, 0.3) is 0 Å². The van der Waals surface area contributed by atoms with Crippen LogP contribution < -0.4 is 0 Å². The summed E-state index contributed by atoms with van der Waals surface area (Å²) in [7, 11) is 0. The molecule has 0 bridgehead atoms. The molecular weight excluding hydrogens is 126 g/mol. The standard InChI is InChI=1S/C8H7NO/c1-3-7-8(10)5-4-6(2)9-7/h1,4-5,10H,2H3. The molecule has 10 heavy (non-hydrogen) atoms. The third-order valence-electron chi connectivity index (χ3n) is 1.15. The van der Waals surface area contributed by atoms with Gasteiger partial charge in [-0.05, 0) is 25.0 Å². The van der Waals surface area contributed by atoms with E-state index < -0.39 is 0 Å². The SMILES string of the molecule is C#Cc1nc(C)ccc1O. The van der Waals surface area contributed by atoms with Gasteiger partial charge in [0.1, 0.15) is 5.75 Å². The van der Waals surface area contributed by atoms with Crippen molar-refractivity contribution in [3.8, 4) is 18.1 Å². The molecule has 0 atom stereocenters. The number of nitrogens with zero attached hydrogens (tertiary/aromatic N) is 1. The smallest absolute Gasteiger partial charge is 0.154 e. The van der Waals surface area contributed by atoms with Gasteiger partial charge >= 0.3 is 0 Å². The molecule has 0 amide bonds. The van der Waals surface area contributed by atoms with Crippen LogP contribution in [0.5, 0.6) is 5.75 Å². The van der Waals surface area contributed by atoms with Gasteiger partial charge in [0.15, 0.2) is 5.69 Å². The first-order chi connectivity index (χ1) is 4.74. The monoisotopic (exact) mass is 133 g/mol. The van der Waals surface area contributed by atoms with E-state index in [1.165, 1.54) is 6.07 Å². The van der Waals surface area contributed by atoms with Crippen LogP contribution in [0.15, 0.2) is 12.1 Å². The Hall–Kier alpha value is -1.49. The Bertz CT molecular complexity index is 286. The molecule has 2 heteroatoms. The molecule has 1 heterocycles. The van der Waals surface area contributed by atoms with Crippen LogP contribution in [-0.4, -0.2) is 10.1 Å². The summed E-state index contributed by atoms with van der Waals surface area (Å²) in [4.78, 5) is 3.91. The highest BCUT2D eigenvalue weighted by atomic mass is 16.3. The topological polar surface area (TPSA) is 33.1 Å². The van der Waals surface area contributed by atoms with Crippen LogP contribution in [0.25, 0.3) is 0 Å². The maximum absolute atomic E-state index is 9.03. The van der Waals surface area contributed by atoms with E-state index in [2.05, 4.69) is 10.9 Å². The number of hydrogen-bond donors (Lipinski definition) is 1. The van der Waals surface area contributed by atoms with Crippen LogP contribution in [0, 0.1) is 19.3 Å². The molecule has 2 nitrogen and oxygen atoms in total. The van der Waals surface area contributed by atoms with Gasteiger partial charge in [0.2, 0.25) is 0 Å². The summed E-state index contributed by atoms with van der Waals surface area (Å²) < 4.78 is 0. The van der Waals surface area contributed by atoms with Crippen molar-refractivity contribution < 1.29 is 5.11 Å². The van der Waals surface area contributed by atoms with Crippen LogP contribution in [0.4, 0.5) is 0 Å². The average molecular weight is 133 g/mol. The Morgan fingerprint density at radius 1 is 1.60 bits per heavy atom. The quantitative estimate of drug-likeness (QED) is 0.537. The van der Waals surface area contributed by atoms with Gasteiger partial charge in [-0.25, -0.2) is 4.98 Å². The number of aromatic nitrogens is 1. The van der Waals surface area contributed by atoms with E-state index in [1.54, 1.807) is 6.07 Å². The zero-order chi connectivity index (χ0) is 7.56. The lowest BCUT2D eigenvalue weighted by molar-refractivity contribution is 0.470. The second-order valence-corrected chi connectivity index (χ2v) is 1.96. The molecule has 0 aliphatic heterocycles. The summed E-state index contributed by atoms with van der Waals surface area (Å²) in [6, 6.07) is 3.24. The number of aryl methyl sites for hydroxylation is 1. The number of rotatable bonds is 0. The van der Waals surface area contributed by atoms with Crippen molar-refractivity contribution in [2.45, 2.75) is 6.92 Å². The van der Waals surface area contributed by atoms with Gasteiger partial charge in [0.05, 0.1) is 0 Å². The van der Waals surface area contributed by atoms with Crippen LogP contribution in [0.3, 0.4) is 0 Å². The third-order valence-corrected chi connectivity index (χ3v) is 1.15. The Morgan fingerprint density at radius 3 is 2.80 bits per heavy atom. The molecule has 0 aromatic carbocycles. The third kappa shape index (κ3) is 1.08. The highest BCUT2D eigenvalue weighted by Crippen LogP contribution is 2.12. The minimum atomic E-state index is 0.0631. The predicted molar refractivity (Wildman–Crippen MR) is 38.6 cm³/mol. The number of aromatic hydroxyl groups is 1. The molecule has 1 aromatic heterocycles. The van der Waals surface area contributed by atoms with Crippen molar-refractivity contribution in [3.05, 3.63) is 23.5 Å². The van der Waals surface area contributed by atoms with Gasteiger partial charge in [0, 0.05) is 5.69 Å². The molecule has 0 saturated heterocycles. The Labute approximate surface area is 59.5 Å². The van der Waals surface area contributed by atoms with Gasteiger partial charge in [-0.2, -0.15) is 0 Å². The zero-order valence-corrected chi connectivity index (χ0v) is 5.63. The first kappa shape index (κ1) is 6.63. The summed E-state index contributed by atoms with van der Waals surface area (Å²) in [5.41, 5.74) is 1.12. The number of hydrogen-bond acceptors (Lipinski definition) is 2. The minimum absolute atomic E-state index is 0.0631. The van der Waals surface area contributed by atoms with E-state index >= 15 is 0 Å². The molecule has 1 aromatic rings. The highest BCUT2D eigenvalue weighted by molar-refractivity contribution is 5.38. The highest BCUT2D eigenvalue weighted by Gasteiger charge is 1.96. The van der Waals surface area contributed by atoms with Gasteiger partial charge in [-0.1, -0.05) is 0 Å². The molecule has 0 aliphatic rings. The lowest BCUT2D eigenvalue weighted by Crippen LogP contribution is -1.85. The van der Waals surface area contributed by atoms with Gasteiger partial charge < -0.3 is 5.11 Å². The molecule has 0 unspecified atom stereocenters. The zero-order valence-electron chi connectivity index (χ0n) is 5.63. The van der Waals surface area contributed by atoms with Crippen molar-refractivity contribution >= 4 is 0 Å². The maximum Gasteiger partial charge on any atom is 0.154 e. The molecule has 0 spiro atoms. The first-order valence-corrected chi connectivity index (χ1v) is 2.87. The van der Waals surface area contributed by atoms with E-state index in [4.69, 9.17) is 11.5 Å². The van der Waals surface area contributed by atoms with E-state index in [9.17, 15) is 0 Å². The molecule has 1 N–H and O–H groups in total. The van der Waals surface area contributed by atoms with Crippen molar-refractivity contribution in [3.63, 3.8) is 0 Å². The fraction of sp³-hybridized carbons (Fsp3) is 0.125. The molecule has 0 radical (unpaired) electrons. The van der Waals surface area contributed by atoms with Crippen LogP contribution >= 0.6 is 0 Å². The largest absolute Gasteiger partial charge is 0.505 e. The van der Waals surface area contributed by atoms with Crippen LogP contribution in [0.1, 0.15) is 11.4 Å². The van der Waals surface area contributed by atoms with Crippen LogP contribution in [-0.2, 0) is 0 Å². The lowest BCUT2D eigenvalue weighted by Gasteiger charge is -1.95. The summed E-state index contributed by atoms with van der Waals surface area (Å²) in [6.45, 7) is 1.82. The Kier molecular flexibility index (Phi) is 1.59. The predicted octanol–water partition coefficient (Wildman–Crippen LogP) is 1.08. The number of terminal acetylenes is 1. The molecule has 1 rings (SSSR count). The Balaban J connectivity index is 3.25. The second-order valence-electron chi connectivity index (χ2n) is 1.96. The normalized spacial score (nSPS) is 8.80. The summed E-state index contributed by atoms with van der Waals surface area (Å²) in [6.07, 6.45) is 5.05. The van der Waals surface area contributed by atoms with Crippen molar-refractivity contribution in [1.29, 1.82) is 0 Å². The van der Waals surface area contributed by atoms with Crippen molar-refractivity contribution in [1.82, 2.24) is 4.98 Å². The summed E-state index contributed by atoms with van der Waals surface area (Å²) >= 11 is 0. The molecule has 0 saturated carbocycles. The molecular formula is C8H7NO. The van der Waals surface area contributed by atoms with Crippen molar-refractivity contribution in [2.75, 3.05) is 0 Å². The Morgan fingerprint density at radius 2 is 2.30 bits per heavy atom. The van der Waals surface area contributed by atoms with Gasteiger partial charge in [-0.3, -0.25) is 0 Å². The van der Waals surface area contributed by atoms with Crippen LogP contribution in [0.2, 0.25) is 0 Å².